The molecule has 158 valence electrons. The zero-order chi connectivity index (χ0) is 20.6. The van der Waals surface area contributed by atoms with Gasteiger partial charge in [-0.05, 0) is 31.8 Å². The number of aryl methyl sites for hydroxylation is 1. The first kappa shape index (κ1) is 20.1. The van der Waals surface area contributed by atoms with Crippen molar-refractivity contribution in [2.75, 3.05) is 26.2 Å². The lowest BCUT2D eigenvalue weighted by atomic mass is 9.95. The van der Waals surface area contributed by atoms with E-state index in [-0.39, 0.29) is 12.0 Å². The number of piperidine rings is 1. The molecule has 1 unspecified atom stereocenters. The van der Waals surface area contributed by atoms with Gasteiger partial charge >= 0.3 is 6.18 Å². The lowest BCUT2D eigenvalue weighted by Gasteiger charge is -2.35. The molecule has 2 aromatic heterocycles. The minimum atomic E-state index is -4.60. The van der Waals surface area contributed by atoms with E-state index in [0.29, 0.717) is 19.2 Å². The second-order valence-electron chi connectivity index (χ2n) is 7.79. The largest absolute Gasteiger partial charge is 0.433 e. The van der Waals surface area contributed by atoms with Crippen LogP contribution in [0.15, 0.2) is 23.4 Å². The summed E-state index contributed by atoms with van der Waals surface area (Å²) >= 11 is 0. The monoisotopic (exact) mass is 411 g/mol. The Labute approximate surface area is 166 Å². The number of hydrogen-bond donors (Lipinski definition) is 0. The predicted octanol–water partition coefficient (Wildman–Crippen LogP) is 2.02. The maximum atomic E-state index is 12.7. The Kier molecular flexibility index (Phi) is 5.48. The van der Waals surface area contributed by atoms with Gasteiger partial charge in [0, 0.05) is 43.9 Å². The maximum absolute atomic E-state index is 12.7. The third kappa shape index (κ3) is 4.37. The van der Waals surface area contributed by atoms with E-state index in [2.05, 4.69) is 15.0 Å². The van der Waals surface area contributed by atoms with Crippen LogP contribution in [0.2, 0.25) is 0 Å². The molecular formula is C19H24F3N5O2. The highest BCUT2D eigenvalue weighted by molar-refractivity contribution is 5.23. The molecule has 0 aromatic carbocycles. The summed E-state index contributed by atoms with van der Waals surface area (Å²) in [6.07, 6.45) is 0.942. The van der Waals surface area contributed by atoms with Crippen LogP contribution in [0.5, 0.6) is 0 Å². The van der Waals surface area contributed by atoms with Crippen molar-refractivity contribution in [3.63, 3.8) is 0 Å². The minimum absolute atomic E-state index is 0.0192. The minimum Gasteiger partial charge on any atom is -0.372 e. The highest BCUT2D eigenvalue weighted by atomic mass is 19.4. The van der Waals surface area contributed by atoms with Crippen LogP contribution in [0.4, 0.5) is 13.2 Å². The van der Waals surface area contributed by atoms with Gasteiger partial charge < -0.3 is 9.64 Å². The fraction of sp³-hybridized carbons (Fsp3) is 0.632. The SMILES string of the molecule is Cn1ncc2c1CCOC2CN1CCC(Cn2cnc(C(F)(F)F)cc2=O)CC1. The van der Waals surface area contributed by atoms with Crippen LogP contribution in [-0.4, -0.2) is 50.5 Å². The molecular weight excluding hydrogens is 387 g/mol. The summed E-state index contributed by atoms with van der Waals surface area (Å²) in [4.78, 5) is 17.7. The van der Waals surface area contributed by atoms with Crippen LogP contribution < -0.4 is 5.56 Å². The van der Waals surface area contributed by atoms with Gasteiger partial charge in [-0.3, -0.25) is 14.0 Å². The number of halogens is 3. The van der Waals surface area contributed by atoms with Gasteiger partial charge in [0.25, 0.3) is 5.56 Å². The molecule has 0 bridgehead atoms. The molecule has 1 saturated heterocycles. The Hall–Kier alpha value is -2.20. The third-order valence-electron chi connectivity index (χ3n) is 5.85. The molecule has 2 aliphatic rings. The molecule has 1 fully saturated rings. The van der Waals surface area contributed by atoms with E-state index in [4.69, 9.17) is 4.74 Å². The molecule has 0 amide bonds. The van der Waals surface area contributed by atoms with E-state index in [1.54, 1.807) is 0 Å². The number of nitrogens with zero attached hydrogens (tertiary/aromatic N) is 5. The van der Waals surface area contributed by atoms with Crippen LogP contribution in [0.1, 0.15) is 35.9 Å². The Morgan fingerprint density at radius 1 is 1.24 bits per heavy atom. The van der Waals surface area contributed by atoms with E-state index in [1.807, 2.05) is 17.9 Å². The van der Waals surface area contributed by atoms with Crippen molar-refractivity contribution in [1.29, 1.82) is 0 Å². The van der Waals surface area contributed by atoms with E-state index >= 15 is 0 Å². The average molecular weight is 411 g/mol. The summed E-state index contributed by atoms with van der Waals surface area (Å²) < 4.78 is 47.1. The fourth-order valence-corrected chi connectivity index (χ4v) is 4.18. The van der Waals surface area contributed by atoms with Gasteiger partial charge in [-0.25, -0.2) is 4.98 Å². The van der Waals surface area contributed by atoms with Crippen molar-refractivity contribution in [2.24, 2.45) is 13.0 Å². The zero-order valence-electron chi connectivity index (χ0n) is 16.2. The van der Waals surface area contributed by atoms with Crippen molar-refractivity contribution < 1.29 is 17.9 Å². The molecule has 4 rings (SSSR count). The summed E-state index contributed by atoms with van der Waals surface area (Å²) in [5.41, 5.74) is 0.582. The molecule has 0 N–H and O–H groups in total. The van der Waals surface area contributed by atoms with Gasteiger partial charge in [0.05, 0.1) is 25.2 Å². The van der Waals surface area contributed by atoms with E-state index in [0.717, 1.165) is 50.8 Å². The normalized spacial score (nSPS) is 21.3. The molecule has 0 radical (unpaired) electrons. The number of aromatic nitrogens is 4. The van der Waals surface area contributed by atoms with E-state index in [1.165, 1.54) is 10.3 Å². The van der Waals surface area contributed by atoms with Crippen molar-refractivity contribution in [3.8, 4) is 0 Å². The lowest BCUT2D eigenvalue weighted by molar-refractivity contribution is -0.141. The van der Waals surface area contributed by atoms with Crippen LogP contribution in [0, 0.1) is 5.92 Å². The number of likely N-dealkylation sites (tertiary alicyclic amines) is 1. The number of fused-ring (bicyclic) bond motifs is 1. The number of rotatable bonds is 4. The van der Waals surface area contributed by atoms with Gasteiger partial charge in [-0.15, -0.1) is 0 Å². The summed E-state index contributed by atoms with van der Waals surface area (Å²) in [5, 5.41) is 4.34. The predicted molar refractivity (Wildman–Crippen MR) is 98.3 cm³/mol. The molecule has 29 heavy (non-hydrogen) atoms. The van der Waals surface area contributed by atoms with Gasteiger partial charge in [-0.2, -0.15) is 18.3 Å². The summed E-state index contributed by atoms with van der Waals surface area (Å²) in [5.74, 6) is 0.240. The summed E-state index contributed by atoms with van der Waals surface area (Å²) in [6.45, 7) is 3.61. The summed E-state index contributed by atoms with van der Waals surface area (Å²) in [6, 6.07) is 0.570. The Morgan fingerprint density at radius 3 is 2.69 bits per heavy atom. The molecule has 0 spiro atoms. The van der Waals surface area contributed by atoms with Gasteiger partial charge in [-0.1, -0.05) is 0 Å². The first-order chi connectivity index (χ1) is 13.8. The Morgan fingerprint density at radius 2 is 2.00 bits per heavy atom. The molecule has 2 aromatic rings. The smallest absolute Gasteiger partial charge is 0.372 e. The molecule has 4 heterocycles. The van der Waals surface area contributed by atoms with Crippen LogP contribution in [0.25, 0.3) is 0 Å². The number of alkyl halides is 3. The topological polar surface area (TPSA) is 65.2 Å². The third-order valence-corrected chi connectivity index (χ3v) is 5.85. The molecule has 0 aliphatic carbocycles. The van der Waals surface area contributed by atoms with Crippen molar-refractivity contribution in [2.45, 2.75) is 38.1 Å². The standard InChI is InChI=1S/C19H24F3N5O2/c1-25-15-4-7-29-16(14(15)9-24-25)11-26-5-2-13(3-6-26)10-27-12-23-17(8-18(27)28)19(20,21)22/h8-9,12-13,16H,2-7,10-11H2,1H3. The molecule has 1 atom stereocenters. The van der Waals surface area contributed by atoms with Gasteiger partial charge in [0.1, 0.15) is 0 Å². The molecule has 7 nitrogen and oxygen atoms in total. The van der Waals surface area contributed by atoms with Crippen molar-refractivity contribution >= 4 is 0 Å². The highest BCUT2D eigenvalue weighted by Crippen LogP contribution is 2.29. The van der Waals surface area contributed by atoms with Crippen molar-refractivity contribution in [3.05, 3.63) is 45.9 Å². The lowest BCUT2D eigenvalue weighted by Crippen LogP contribution is -2.39. The van der Waals surface area contributed by atoms with Crippen LogP contribution >= 0.6 is 0 Å². The summed E-state index contributed by atoms with van der Waals surface area (Å²) in [7, 11) is 1.95. The first-order valence-electron chi connectivity index (χ1n) is 9.79. The maximum Gasteiger partial charge on any atom is 0.433 e. The van der Waals surface area contributed by atoms with E-state index < -0.39 is 17.4 Å². The molecule has 10 heteroatoms. The quantitative estimate of drug-likeness (QED) is 0.770. The fourth-order valence-electron chi connectivity index (χ4n) is 4.18. The van der Waals surface area contributed by atoms with Crippen molar-refractivity contribution in [1.82, 2.24) is 24.2 Å². The number of hydrogen-bond acceptors (Lipinski definition) is 5. The molecule has 0 saturated carbocycles. The second-order valence-corrected chi connectivity index (χ2v) is 7.79. The first-order valence-corrected chi connectivity index (χ1v) is 9.79. The number of ether oxygens (including phenoxy) is 1. The Bertz CT molecular complexity index is 915. The highest BCUT2D eigenvalue weighted by Gasteiger charge is 2.33. The van der Waals surface area contributed by atoms with Gasteiger partial charge in [0.15, 0.2) is 5.69 Å². The average Bonchev–Trinajstić information content (AvgIpc) is 3.06. The Balaban J connectivity index is 1.32. The molecule has 2 aliphatic heterocycles. The van der Waals surface area contributed by atoms with E-state index in [9.17, 15) is 18.0 Å². The van der Waals surface area contributed by atoms with Crippen LogP contribution in [0.3, 0.4) is 0 Å². The van der Waals surface area contributed by atoms with Crippen LogP contribution in [-0.2, 0) is 30.9 Å². The van der Waals surface area contributed by atoms with Gasteiger partial charge in [0.2, 0.25) is 0 Å². The second kappa shape index (κ2) is 7.91. The zero-order valence-corrected chi connectivity index (χ0v) is 16.2.